The van der Waals surface area contributed by atoms with Crippen LogP contribution in [-0.4, -0.2) is 132 Å². The summed E-state index contributed by atoms with van der Waals surface area (Å²) in [6.45, 7) is 25.4. The molecule has 4 aromatic carbocycles. The summed E-state index contributed by atoms with van der Waals surface area (Å²) in [7, 11) is 5.79. The van der Waals surface area contributed by atoms with Gasteiger partial charge in [-0.05, 0) is 174 Å². The number of terminal acetylenes is 1. The molecule has 0 bridgehead atoms. The summed E-state index contributed by atoms with van der Waals surface area (Å²) in [4.78, 5) is 95.8. The van der Waals surface area contributed by atoms with Crippen LogP contribution in [0.25, 0.3) is 11.3 Å². The van der Waals surface area contributed by atoms with Crippen molar-refractivity contribution >= 4 is 78.7 Å². The van der Waals surface area contributed by atoms with Crippen molar-refractivity contribution in [1.29, 1.82) is 5.26 Å². The van der Waals surface area contributed by atoms with Crippen LogP contribution >= 0.6 is 11.6 Å². The van der Waals surface area contributed by atoms with Crippen LogP contribution in [0.5, 0.6) is 5.75 Å². The summed E-state index contributed by atoms with van der Waals surface area (Å²) in [6.07, 6.45) is 2.16. The Morgan fingerprint density at radius 2 is 1.50 bits per heavy atom. The van der Waals surface area contributed by atoms with E-state index in [9.17, 15) is 37.6 Å². The van der Waals surface area contributed by atoms with Gasteiger partial charge in [0.05, 0.1) is 38.5 Å². The summed E-state index contributed by atoms with van der Waals surface area (Å²) in [5, 5.41) is 30.3. The summed E-state index contributed by atoms with van der Waals surface area (Å²) < 4.78 is 53.8. The van der Waals surface area contributed by atoms with E-state index in [0.717, 1.165) is 35.3 Å². The Morgan fingerprint density at radius 1 is 0.845 bits per heavy atom. The number of anilines is 3. The first-order valence-electron chi connectivity index (χ1n) is 33.9. The molecule has 22 nitrogen and oxygen atoms in total. The molecule has 1 aliphatic rings. The van der Waals surface area contributed by atoms with E-state index in [4.69, 9.17) is 47.6 Å². The first-order valence-corrected chi connectivity index (χ1v) is 37.2. The molecule has 103 heavy (non-hydrogen) atoms. The van der Waals surface area contributed by atoms with Crippen molar-refractivity contribution in [3.05, 3.63) is 153 Å². The van der Waals surface area contributed by atoms with Crippen molar-refractivity contribution in [2.75, 3.05) is 44.0 Å². The average Bonchev–Trinajstić information content (AvgIpc) is 1.66. The third-order valence-corrected chi connectivity index (χ3v) is 23.1. The predicted molar refractivity (Wildman–Crippen MR) is 391 cm³/mol. The van der Waals surface area contributed by atoms with Crippen molar-refractivity contribution in [1.82, 2.24) is 30.0 Å². The first-order chi connectivity index (χ1) is 48.0. The Bertz CT molecular complexity index is 4160. The van der Waals surface area contributed by atoms with Crippen molar-refractivity contribution in [2.45, 2.75) is 169 Å². The monoisotopic (exact) mass is 1460 g/mol. The highest BCUT2D eigenvalue weighted by Gasteiger charge is 2.40. The highest BCUT2D eigenvalue weighted by atomic mass is 35.5. The number of alkyl halides is 3. The molecule has 0 saturated carbocycles. The lowest BCUT2D eigenvalue weighted by molar-refractivity contribution is -0.903. The number of hydrogen-bond donors (Lipinski definition) is 5. The van der Waals surface area contributed by atoms with E-state index in [1.54, 1.807) is 81.5 Å². The topological polar surface area (TPSA) is 285 Å². The molecule has 3 heterocycles. The number of alkyl carbamates (subject to hydrolysis) is 1. The third kappa shape index (κ3) is 22.2. The van der Waals surface area contributed by atoms with Crippen LogP contribution in [0.15, 0.2) is 97.1 Å². The van der Waals surface area contributed by atoms with Crippen LogP contribution < -0.4 is 41.4 Å². The fraction of sp³-hybridized carbons (Fsp3) is 0.447. The molecule has 0 unspecified atom stereocenters. The SMILES string of the molecule is C#CCOCc1cc(NC(=O)[C@H](CCCNC(N)=O)NC(=O)[C@@H](NC(=O)OC(C)(C)C)C(C)C)ccc1C[N+](C)(C)CCC[C@@H]1Cc2ccccc2CN1C(=O)c1ccc(Cl)cc1-c1cc(C(=O)N(c2ccc(O[Si](C)(C)C(C)(C)C)cc2)c2cc(C#N)n(C)c2C)c(C)n1C.O=C([O-])C(F)(F)F. The van der Waals surface area contributed by atoms with Gasteiger partial charge >= 0.3 is 18.3 Å². The number of nitrogens with zero attached hydrogens (tertiary/aromatic N) is 6. The van der Waals surface area contributed by atoms with Gasteiger partial charge in [-0.3, -0.25) is 24.1 Å². The van der Waals surface area contributed by atoms with E-state index in [2.05, 4.69) is 93.4 Å². The molecule has 554 valence electrons. The lowest BCUT2D eigenvalue weighted by Crippen LogP contribution is -2.55. The molecule has 27 heteroatoms. The van der Waals surface area contributed by atoms with Crippen LogP contribution in [0.3, 0.4) is 0 Å². The van der Waals surface area contributed by atoms with E-state index in [0.29, 0.717) is 98.4 Å². The second kappa shape index (κ2) is 34.6. The molecule has 1 aliphatic heterocycles. The minimum absolute atomic E-state index is 0.0319. The fourth-order valence-electron chi connectivity index (χ4n) is 11.7. The number of urea groups is 1. The Balaban J connectivity index is 0.00000226. The number of carboxylic acids is 1. The molecule has 0 radical (unpaired) electrons. The van der Waals surface area contributed by atoms with E-state index >= 15 is 9.59 Å². The summed E-state index contributed by atoms with van der Waals surface area (Å²) in [5.41, 5.74) is 13.9. The molecule has 6 N–H and O–H groups in total. The minimum atomic E-state index is -5.19. The number of rotatable bonds is 26. The van der Waals surface area contributed by atoms with Crippen LogP contribution in [0, 0.1) is 43.4 Å². The molecule has 6 aromatic rings. The van der Waals surface area contributed by atoms with Gasteiger partial charge in [-0.25, -0.2) is 9.59 Å². The lowest BCUT2D eigenvalue weighted by Gasteiger charge is -2.38. The molecule has 3 atom stereocenters. The van der Waals surface area contributed by atoms with Gasteiger partial charge in [-0.15, -0.1) is 6.42 Å². The molecule has 0 aliphatic carbocycles. The molecule has 2 aromatic heterocycles. The molecule has 7 amide bonds. The third-order valence-electron chi connectivity index (χ3n) is 18.5. The maximum Gasteiger partial charge on any atom is 0.430 e. The van der Waals surface area contributed by atoms with Gasteiger partial charge in [0.15, 0.2) is 0 Å². The number of ether oxygens (including phenoxy) is 2. The van der Waals surface area contributed by atoms with E-state index < -0.39 is 62.1 Å². The van der Waals surface area contributed by atoms with Gasteiger partial charge in [0.1, 0.15) is 54.3 Å². The zero-order valence-corrected chi connectivity index (χ0v) is 63.4. The van der Waals surface area contributed by atoms with Gasteiger partial charge in [0.25, 0.3) is 11.8 Å². The average molecular weight is 1460 g/mol. The number of aliphatic carboxylic acids is 1. The second-order valence-corrected chi connectivity index (χ2v) is 34.4. The zero-order valence-electron chi connectivity index (χ0n) is 61.7. The number of quaternary nitrogens is 1. The quantitative estimate of drug-likeness (QED) is 0.0147. The molecule has 0 spiro atoms. The Morgan fingerprint density at radius 3 is 2.08 bits per heavy atom. The Kier molecular flexibility index (Phi) is 27.6. The zero-order chi connectivity index (χ0) is 76.9. The summed E-state index contributed by atoms with van der Waals surface area (Å²) in [5.74, 6) is -1.73. The van der Waals surface area contributed by atoms with Crippen LogP contribution in [0.1, 0.15) is 141 Å². The number of hydrogen-bond acceptors (Lipinski definition) is 12. The Labute approximate surface area is 608 Å². The molecular formula is C76H97ClF3N11O11Si. The maximum absolute atomic E-state index is 15.6. The fourth-order valence-corrected chi connectivity index (χ4v) is 12.9. The van der Waals surface area contributed by atoms with E-state index in [1.165, 1.54) is 5.56 Å². The first kappa shape index (κ1) is 82.4. The number of nitriles is 1. The molecule has 7 rings (SSSR count). The van der Waals surface area contributed by atoms with Crippen LogP contribution in [0.4, 0.5) is 39.8 Å². The lowest BCUT2D eigenvalue weighted by atomic mass is 9.90. The van der Waals surface area contributed by atoms with Crippen molar-refractivity contribution in [2.24, 2.45) is 25.7 Å². The van der Waals surface area contributed by atoms with Crippen LogP contribution in [-0.2, 0) is 64.1 Å². The number of aromatic nitrogens is 2. The van der Waals surface area contributed by atoms with Gasteiger partial charge < -0.3 is 69.3 Å². The van der Waals surface area contributed by atoms with Gasteiger partial charge in [-0.2, -0.15) is 18.4 Å². The molecule has 0 saturated heterocycles. The number of benzene rings is 4. The van der Waals surface area contributed by atoms with E-state index in [-0.39, 0.29) is 55.0 Å². The predicted octanol–water partition coefficient (Wildman–Crippen LogP) is 12.0. The van der Waals surface area contributed by atoms with Gasteiger partial charge in [0.2, 0.25) is 20.1 Å². The number of carboxylic acid groups (broad SMARTS) is 1. The van der Waals surface area contributed by atoms with Gasteiger partial charge in [-0.1, -0.05) is 82.5 Å². The summed E-state index contributed by atoms with van der Waals surface area (Å²) >= 11 is 6.87. The standard InChI is InChI=1S/C74H96ClN11O9Si.C2HF3O2/c1-18-37-93-46-53-38-55(79-67(87)63(26-21-35-78-71(77)91)80-68(88)66(47(2)3)81-72(92)94-73(6,7)8)29-27-52(53)45-86(14,15)36-22-25-57-39-50-23-19-20-24-51(50)44-84(57)69(89)60-34-28-54(75)40-62(60)65-42-61(48(4)83(65)13)70(90)85(64-41-58(43-76)82(12)49(64)5)56-30-32-59(33-31-56)95-96(16,17)74(9,10)11;3-2(4,5)1(6)7/h1,19-20,23-24,27-34,38,40-42,47,57,63,66H,21-22,25-26,35-37,39,44-46H2,2-17H3,(H5-,77,78,79,80,81,87,88,91,92);(H,6,7)/t57-,63+,66+;/m1./s1. The van der Waals surface area contributed by atoms with E-state index in [1.807, 2.05) is 85.0 Å². The normalized spacial score (nSPS) is 13.8. The molecule has 0 fully saturated rings. The number of nitrogens with two attached hydrogens (primary N) is 1. The minimum Gasteiger partial charge on any atom is -0.544 e. The van der Waals surface area contributed by atoms with Crippen LogP contribution in [0.2, 0.25) is 23.2 Å². The number of primary amides is 1. The number of nitrogens with one attached hydrogen (secondary N) is 4. The summed E-state index contributed by atoms with van der Waals surface area (Å²) in [6, 6.07) is 29.5. The smallest absolute Gasteiger partial charge is 0.430 e. The number of fused-ring (bicyclic) bond motifs is 1. The van der Waals surface area contributed by atoms with Crippen molar-refractivity contribution in [3.63, 3.8) is 0 Å². The van der Waals surface area contributed by atoms with Crippen molar-refractivity contribution < 1.29 is 70.2 Å². The highest BCUT2D eigenvalue weighted by molar-refractivity contribution is 6.74. The largest absolute Gasteiger partial charge is 0.544 e. The van der Waals surface area contributed by atoms with Crippen molar-refractivity contribution in [3.8, 4) is 35.4 Å². The second-order valence-electron chi connectivity index (χ2n) is 29.3. The molecular weight excluding hydrogens is 1360 g/mol. The Hall–Kier alpha value is -9.60. The number of amides is 7. The maximum atomic E-state index is 15.6. The van der Waals surface area contributed by atoms with Gasteiger partial charge in [0, 0.05) is 83.4 Å². The number of halogens is 4. The number of carbonyl (C=O) groups is 7. The number of carbonyl (C=O) groups excluding carboxylic acids is 7. The highest BCUT2D eigenvalue weighted by Crippen LogP contribution is 2.41.